The molecular weight excluding hydrogens is 362 g/mol. The number of hydrogen-bond acceptors (Lipinski definition) is 3. The summed E-state index contributed by atoms with van der Waals surface area (Å²) in [5, 5.41) is 13.4. The molecule has 4 rings (SSSR count). The molecule has 1 amide bonds. The molecule has 0 radical (unpaired) electrons. The lowest BCUT2D eigenvalue weighted by molar-refractivity contribution is 0.0475. The topological polar surface area (TPSA) is 58.6 Å². The van der Waals surface area contributed by atoms with E-state index in [1.807, 2.05) is 54.6 Å². The first-order valence-electron chi connectivity index (χ1n) is 9.93. The van der Waals surface area contributed by atoms with Crippen LogP contribution in [0.25, 0.3) is 11.1 Å². The van der Waals surface area contributed by atoms with Crippen molar-refractivity contribution in [2.45, 2.75) is 24.9 Å². The van der Waals surface area contributed by atoms with Gasteiger partial charge in [-0.2, -0.15) is 0 Å². The fraction of sp³-hybridized carbons (Fsp3) is 0.240. The van der Waals surface area contributed by atoms with Crippen LogP contribution in [-0.2, 0) is 10.3 Å². The van der Waals surface area contributed by atoms with Gasteiger partial charge in [-0.05, 0) is 41.2 Å². The molecule has 148 valence electrons. The lowest BCUT2D eigenvalue weighted by Gasteiger charge is -2.24. The summed E-state index contributed by atoms with van der Waals surface area (Å²) in [7, 11) is 0. The van der Waals surface area contributed by atoms with E-state index in [-0.39, 0.29) is 12.5 Å². The Morgan fingerprint density at radius 1 is 0.931 bits per heavy atom. The van der Waals surface area contributed by atoms with Crippen molar-refractivity contribution in [2.75, 3.05) is 13.2 Å². The molecule has 0 aliphatic heterocycles. The van der Waals surface area contributed by atoms with Crippen LogP contribution in [0.3, 0.4) is 0 Å². The van der Waals surface area contributed by atoms with E-state index >= 15 is 0 Å². The Kier molecular flexibility index (Phi) is 5.36. The second-order valence-corrected chi connectivity index (χ2v) is 7.64. The summed E-state index contributed by atoms with van der Waals surface area (Å²) in [5.74, 6) is 0.0422. The van der Waals surface area contributed by atoms with Gasteiger partial charge in [0.1, 0.15) is 6.61 Å². The second-order valence-electron chi connectivity index (χ2n) is 7.64. The number of benzene rings is 3. The summed E-state index contributed by atoms with van der Waals surface area (Å²) >= 11 is 0. The molecule has 1 unspecified atom stereocenters. The summed E-state index contributed by atoms with van der Waals surface area (Å²) in [4.78, 5) is 12.2. The van der Waals surface area contributed by atoms with Crippen molar-refractivity contribution in [3.8, 4) is 11.1 Å². The van der Waals surface area contributed by atoms with Gasteiger partial charge in [0.05, 0.1) is 5.60 Å². The molecule has 1 aliphatic rings. The number of ether oxygens (including phenoxy) is 1. The van der Waals surface area contributed by atoms with E-state index in [0.717, 1.165) is 5.56 Å². The first-order chi connectivity index (χ1) is 14.1. The average molecular weight is 387 g/mol. The number of alkyl carbamates (subject to hydrolysis) is 1. The highest BCUT2D eigenvalue weighted by atomic mass is 16.5. The number of aliphatic hydroxyl groups is 1. The molecule has 0 saturated heterocycles. The van der Waals surface area contributed by atoms with Crippen molar-refractivity contribution in [2.24, 2.45) is 0 Å². The van der Waals surface area contributed by atoms with Crippen LogP contribution in [-0.4, -0.2) is 24.4 Å². The minimum absolute atomic E-state index is 0.0422. The molecule has 2 N–H and O–H groups in total. The van der Waals surface area contributed by atoms with Crippen LogP contribution in [0.5, 0.6) is 0 Å². The lowest BCUT2D eigenvalue weighted by atomic mass is 9.93. The standard InChI is InChI=1S/C25H25NO3/c1-25(28,18-9-3-2-4-10-18)15-16-26-24(27)29-17-23-21-13-7-5-11-19(21)20-12-6-8-14-22(20)23/h2-14,23,28H,15-17H2,1H3,(H,26,27). The van der Waals surface area contributed by atoms with Crippen molar-refractivity contribution in [3.63, 3.8) is 0 Å². The molecule has 0 saturated carbocycles. The first-order valence-corrected chi connectivity index (χ1v) is 9.93. The third-order valence-electron chi connectivity index (χ3n) is 5.62. The number of carbonyl (C=O) groups is 1. The maximum Gasteiger partial charge on any atom is 0.407 e. The Morgan fingerprint density at radius 3 is 2.10 bits per heavy atom. The van der Waals surface area contributed by atoms with Gasteiger partial charge in [0.2, 0.25) is 0 Å². The fourth-order valence-corrected chi connectivity index (χ4v) is 4.00. The molecule has 3 aromatic carbocycles. The van der Waals surface area contributed by atoms with Gasteiger partial charge in [-0.3, -0.25) is 0 Å². The molecule has 0 fully saturated rings. The number of rotatable bonds is 6. The van der Waals surface area contributed by atoms with Crippen molar-refractivity contribution in [3.05, 3.63) is 95.6 Å². The van der Waals surface area contributed by atoms with E-state index < -0.39 is 11.7 Å². The van der Waals surface area contributed by atoms with E-state index in [2.05, 4.69) is 29.6 Å². The quantitative estimate of drug-likeness (QED) is 0.637. The third-order valence-corrected chi connectivity index (χ3v) is 5.62. The highest BCUT2D eigenvalue weighted by Crippen LogP contribution is 2.44. The van der Waals surface area contributed by atoms with Gasteiger partial charge in [-0.25, -0.2) is 4.79 Å². The predicted molar refractivity (Wildman–Crippen MR) is 114 cm³/mol. The predicted octanol–water partition coefficient (Wildman–Crippen LogP) is 4.82. The lowest BCUT2D eigenvalue weighted by Crippen LogP contribution is -2.32. The van der Waals surface area contributed by atoms with Crippen LogP contribution in [0, 0.1) is 0 Å². The molecule has 0 aromatic heterocycles. The summed E-state index contributed by atoms with van der Waals surface area (Å²) in [6.45, 7) is 2.37. The van der Waals surface area contributed by atoms with Gasteiger partial charge in [-0.1, -0.05) is 78.9 Å². The summed E-state index contributed by atoms with van der Waals surface area (Å²) in [5.41, 5.74) is 4.61. The Labute approximate surface area is 171 Å². The maximum atomic E-state index is 12.2. The van der Waals surface area contributed by atoms with Gasteiger partial charge in [0.15, 0.2) is 0 Å². The minimum atomic E-state index is -1.00. The average Bonchev–Trinajstić information content (AvgIpc) is 3.07. The van der Waals surface area contributed by atoms with Crippen molar-refractivity contribution >= 4 is 6.09 Å². The van der Waals surface area contributed by atoms with Crippen LogP contribution in [0.15, 0.2) is 78.9 Å². The van der Waals surface area contributed by atoms with Crippen molar-refractivity contribution in [1.82, 2.24) is 5.32 Å². The normalized spacial score (nSPS) is 14.6. The highest BCUT2D eigenvalue weighted by Gasteiger charge is 2.29. The zero-order chi connectivity index (χ0) is 20.3. The number of amides is 1. The van der Waals surface area contributed by atoms with Crippen LogP contribution in [0.2, 0.25) is 0 Å². The Morgan fingerprint density at radius 2 is 1.48 bits per heavy atom. The molecule has 4 heteroatoms. The summed E-state index contributed by atoms with van der Waals surface area (Å²) in [6.07, 6.45) is -0.0583. The van der Waals surface area contributed by atoms with E-state index in [1.54, 1.807) is 6.92 Å². The molecule has 4 nitrogen and oxygen atoms in total. The van der Waals surface area contributed by atoms with Crippen LogP contribution < -0.4 is 5.32 Å². The van der Waals surface area contributed by atoms with Gasteiger partial charge in [-0.15, -0.1) is 0 Å². The minimum Gasteiger partial charge on any atom is -0.449 e. The zero-order valence-electron chi connectivity index (χ0n) is 16.5. The van der Waals surface area contributed by atoms with E-state index in [1.165, 1.54) is 22.3 Å². The molecule has 0 spiro atoms. The molecule has 0 heterocycles. The summed E-state index contributed by atoms with van der Waals surface area (Å²) < 4.78 is 5.53. The highest BCUT2D eigenvalue weighted by molar-refractivity contribution is 5.79. The monoisotopic (exact) mass is 387 g/mol. The van der Waals surface area contributed by atoms with Crippen LogP contribution >= 0.6 is 0 Å². The van der Waals surface area contributed by atoms with Crippen LogP contribution in [0.1, 0.15) is 36.0 Å². The molecule has 1 aliphatic carbocycles. The second kappa shape index (κ2) is 8.10. The van der Waals surface area contributed by atoms with Gasteiger partial charge in [0, 0.05) is 12.5 Å². The van der Waals surface area contributed by atoms with Crippen LogP contribution in [0.4, 0.5) is 4.79 Å². The molecule has 1 atom stereocenters. The Hall–Kier alpha value is -3.11. The maximum absolute atomic E-state index is 12.2. The SMILES string of the molecule is CC(O)(CCNC(=O)OCC1c2ccccc2-c2ccccc21)c1ccccc1. The van der Waals surface area contributed by atoms with E-state index in [4.69, 9.17) is 4.74 Å². The Bertz CT molecular complexity index is 952. The van der Waals surface area contributed by atoms with Gasteiger partial charge in [0.25, 0.3) is 0 Å². The van der Waals surface area contributed by atoms with E-state index in [9.17, 15) is 9.90 Å². The number of nitrogens with one attached hydrogen (secondary N) is 1. The first kappa shape index (κ1) is 19.2. The molecule has 29 heavy (non-hydrogen) atoms. The smallest absolute Gasteiger partial charge is 0.407 e. The zero-order valence-corrected chi connectivity index (χ0v) is 16.5. The van der Waals surface area contributed by atoms with Gasteiger partial charge < -0.3 is 15.2 Å². The summed E-state index contributed by atoms with van der Waals surface area (Å²) in [6, 6.07) is 26.0. The number of hydrogen-bond donors (Lipinski definition) is 2. The Balaban J connectivity index is 1.34. The number of carbonyl (C=O) groups excluding carboxylic acids is 1. The van der Waals surface area contributed by atoms with Crippen molar-refractivity contribution < 1.29 is 14.6 Å². The molecule has 0 bridgehead atoms. The third kappa shape index (κ3) is 4.03. The van der Waals surface area contributed by atoms with Gasteiger partial charge >= 0.3 is 6.09 Å². The fourth-order valence-electron chi connectivity index (χ4n) is 4.00. The molecule has 3 aromatic rings. The number of fused-ring (bicyclic) bond motifs is 3. The largest absolute Gasteiger partial charge is 0.449 e. The van der Waals surface area contributed by atoms with Crippen molar-refractivity contribution in [1.29, 1.82) is 0 Å². The van der Waals surface area contributed by atoms with E-state index in [0.29, 0.717) is 13.0 Å². The molecular formula is C25H25NO3.